The first-order valence-electron chi connectivity index (χ1n) is 6.41. The minimum atomic E-state index is -0.259. The van der Waals surface area contributed by atoms with E-state index in [0.29, 0.717) is 17.3 Å². The normalized spacial score (nSPS) is 12.0. The standard InChI is InChI=1S/C16H18ClNO2/c1-11-6-7-15(14(17)8-11)20-16(10-18)12-4-3-5-13(9-12)19-2/h3-9,16H,10,18H2,1-2H3. The van der Waals surface area contributed by atoms with Crippen molar-refractivity contribution < 1.29 is 9.47 Å². The lowest BCUT2D eigenvalue weighted by atomic mass is 10.1. The van der Waals surface area contributed by atoms with Crippen molar-refractivity contribution in [2.24, 2.45) is 5.73 Å². The SMILES string of the molecule is COc1cccc(C(CN)Oc2ccc(C)cc2Cl)c1. The fourth-order valence-corrected chi connectivity index (χ4v) is 2.23. The average molecular weight is 292 g/mol. The Kier molecular flexibility index (Phi) is 4.88. The summed E-state index contributed by atoms with van der Waals surface area (Å²) in [5, 5.41) is 0.589. The van der Waals surface area contributed by atoms with Gasteiger partial charge in [-0.1, -0.05) is 29.8 Å². The number of rotatable bonds is 5. The number of aryl methyl sites for hydroxylation is 1. The summed E-state index contributed by atoms with van der Waals surface area (Å²) in [6.07, 6.45) is -0.259. The molecule has 0 aromatic heterocycles. The van der Waals surface area contributed by atoms with Crippen molar-refractivity contribution >= 4 is 11.6 Å². The number of ether oxygens (including phenoxy) is 2. The molecule has 0 fully saturated rings. The number of benzene rings is 2. The molecule has 0 radical (unpaired) electrons. The number of hydrogen-bond acceptors (Lipinski definition) is 3. The molecule has 0 bridgehead atoms. The van der Waals surface area contributed by atoms with Gasteiger partial charge in [-0.05, 0) is 42.3 Å². The van der Waals surface area contributed by atoms with Gasteiger partial charge in [-0.15, -0.1) is 0 Å². The Morgan fingerprint density at radius 1 is 1.20 bits per heavy atom. The van der Waals surface area contributed by atoms with Gasteiger partial charge in [0.15, 0.2) is 0 Å². The third-order valence-electron chi connectivity index (χ3n) is 3.04. The second-order valence-corrected chi connectivity index (χ2v) is 4.96. The predicted octanol–water partition coefficient (Wildman–Crippen LogP) is 3.74. The van der Waals surface area contributed by atoms with Gasteiger partial charge in [0.25, 0.3) is 0 Å². The van der Waals surface area contributed by atoms with E-state index in [1.54, 1.807) is 7.11 Å². The molecule has 2 N–H and O–H groups in total. The molecule has 106 valence electrons. The third kappa shape index (κ3) is 3.44. The summed E-state index contributed by atoms with van der Waals surface area (Å²) in [5.41, 5.74) is 7.87. The van der Waals surface area contributed by atoms with Crippen LogP contribution in [0.3, 0.4) is 0 Å². The van der Waals surface area contributed by atoms with Gasteiger partial charge in [-0.2, -0.15) is 0 Å². The van der Waals surface area contributed by atoms with Crippen LogP contribution in [0.15, 0.2) is 42.5 Å². The predicted molar refractivity (Wildman–Crippen MR) is 81.6 cm³/mol. The number of halogens is 1. The Hall–Kier alpha value is -1.71. The molecule has 2 aromatic carbocycles. The van der Waals surface area contributed by atoms with Crippen LogP contribution in [0.2, 0.25) is 5.02 Å². The van der Waals surface area contributed by atoms with Crippen LogP contribution >= 0.6 is 11.6 Å². The molecule has 2 aromatic rings. The molecular weight excluding hydrogens is 274 g/mol. The molecule has 20 heavy (non-hydrogen) atoms. The van der Waals surface area contributed by atoms with Crippen LogP contribution < -0.4 is 15.2 Å². The molecule has 2 rings (SSSR count). The van der Waals surface area contributed by atoms with E-state index in [1.165, 1.54) is 0 Å². The molecule has 0 aliphatic carbocycles. The molecule has 0 amide bonds. The molecular formula is C16H18ClNO2. The van der Waals surface area contributed by atoms with Crippen LogP contribution in [-0.2, 0) is 0 Å². The van der Waals surface area contributed by atoms with Crippen LogP contribution in [0.25, 0.3) is 0 Å². The van der Waals surface area contributed by atoms with Crippen molar-refractivity contribution in [1.29, 1.82) is 0 Å². The Labute approximate surface area is 124 Å². The summed E-state index contributed by atoms with van der Waals surface area (Å²) in [7, 11) is 1.63. The lowest BCUT2D eigenvalue weighted by Gasteiger charge is -2.19. The summed E-state index contributed by atoms with van der Waals surface area (Å²) < 4.78 is 11.1. The van der Waals surface area contributed by atoms with Crippen LogP contribution in [0.4, 0.5) is 0 Å². The van der Waals surface area contributed by atoms with E-state index in [2.05, 4.69) is 0 Å². The van der Waals surface area contributed by atoms with Crippen molar-refractivity contribution in [1.82, 2.24) is 0 Å². The Balaban J connectivity index is 2.23. The highest BCUT2D eigenvalue weighted by Crippen LogP contribution is 2.30. The van der Waals surface area contributed by atoms with Gasteiger partial charge in [0.1, 0.15) is 17.6 Å². The topological polar surface area (TPSA) is 44.5 Å². The summed E-state index contributed by atoms with van der Waals surface area (Å²) >= 11 is 6.19. The highest BCUT2D eigenvalue weighted by molar-refractivity contribution is 6.32. The van der Waals surface area contributed by atoms with E-state index in [1.807, 2.05) is 49.4 Å². The van der Waals surface area contributed by atoms with Gasteiger partial charge in [0, 0.05) is 6.54 Å². The molecule has 0 saturated heterocycles. The Morgan fingerprint density at radius 3 is 2.65 bits per heavy atom. The highest BCUT2D eigenvalue weighted by Gasteiger charge is 2.14. The summed E-state index contributed by atoms with van der Waals surface area (Å²) in [6, 6.07) is 13.4. The van der Waals surface area contributed by atoms with Crippen LogP contribution in [0.5, 0.6) is 11.5 Å². The van der Waals surface area contributed by atoms with Crippen molar-refractivity contribution in [3.8, 4) is 11.5 Å². The maximum Gasteiger partial charge on any atom is 0.138 e. The minimum Gasteiger partial charge on any atom is -0.497 e. The van der Waals surface area contributed by atoms with Gasteiger partial charge < -0.3 is 15.2 Å². The second kappa shape index (κ2) is 6.64. The molecule has 0 aliphatic rings. The largest absolute Gasteiger partial charge is 0.497 e. The van der Waals surface area contributed by atoms with Crippen LogP contribution in [-0.4, -0.2) is 13.7 Å². The molecule has 0 saturated carbocycles. The Morgan fingerprint density at radius 2 is 2.00 bits per heavy atom. The maximum absolute atomic E-state index is 6.19. The van der Waals surface area contributed by atoms with Crippen molar-refractivity contribution in [3.05, 3.63) is 58.6 Å². The fourth-order valence-electron chi connectivity index (χ4n) is 1.95. The molecule has 1 atom stereocenters. The van der Waals surface area contributed by atoms with Gasteiger partial charge in [0.2, 0.25) is 0 Å². The first-order chi connectivity index (χ1) is 9.63. The summed E-state index contributed by atoms with van der Waals surface area (Å²) in [6.45, 7) is 2.34. The van der Waals surface area contributed by atoms with Gasteiger partial charge >= 0.3 is 0 Å². The smallest absolute Gasteiger partial charge is 0.138 e. The molecule has 0 aliphatic heterocycles. The molecule has 4 heteroatoms. The lowest BCUT2D eigenvalue weighted by Crippen LogP contribution is -2.18. The first-order valence-corrected chi connectivity index (χ1v) is 6.78. The van der Waals surface area contributed by atoms with Crippen molar-refractivity contribution in [3.63, 3.8) is 0 Å². The third-order valence-corrected chi connectivity index (χ3v) is 3.33. The van der Waals surface area contributed by atoms with Crippen molar-refractivity contribution in [2.45, 2.75) is 13.0 Å². The van der Waals surface area contributed by atoms with E-state index in [4.69, 9.17) is 26.8 Å². The zero-order chi connectivity index (χ0) is 14.5. The highest BCUT2D eigenvalue weighted by atomic mass is 35.5. The van der Waals surface area contributed by atoms with Crippen LogP contribution in [0.1, 0.15) is 17.2 Å². The zero-order valence-corrected chi connectivity index (χ0v) is 12.4. The van der Waals surface area contributed by atoms with E-state index >= 15 is 0 Å². The van der Waals surface area contributed by atoms with Crippen molar-refractivity contribution in [2.75, 3.05) is 13.7 Å². The quantitative estimate of drug-likeness (QED) is 0.913. The van der Waals surface area contributed by atoms with E-state index in [9.17, 15) is 0 Å². The van der Waals surface area contributed by atoms with E-state index in [0.717, 1.165) is 16.9 Å². The van der Waals surface area contributed by atoms with Crippen LogP contribution in [0, 0.1) is 6.92 Å². The monoisotopic (exact) mass is 291 g/mol. The van der Waals surface area contributed by atoms with E-state index < -0.39 is 0 Å². The zero-order valence-electron chi connectivity index (χ0n) is 11.6. The summed E-state index contributed by atoms with van der Waals surface area (Å²) in [5.74, 6) is 1.41. The number of hydrogen-bond donors (Lipinski definition) is 1. The Bertz CT molecular complexity index is 586. The molecule has 0 heterocycles. The fraction of sp³-hybridized carbons (Fsp3) is 0.250. The van der Waals surface area contributed by atoms with Gasteiger partial charge in [-0.25, -0.2) is 0 Å². The first kappa shape index (κ1) is 14.7. The molecule has 0 spiro atoms. The van der Waals surface area contributed by atoms with Gasteiger partial charge in [-0.3, -0.25) is 0 Å². The minimum absolute atomic E-state index is 0.259. The summed E-state index contributed by atoms with van der Waals surface area (Å²) in [4.78, 5) is 0. The molecule has 3 nitrogen and oxygen atoms in total. The second-order valence-electron chi connectivity index (χ2n) is 4.55. The number of methoxy groups -OCH3 is 1. The van der Waals surface area contributed by atoms with E-state index in [-0.39, 0.29) is 6.10 Å². The number of nitrogens with two attached hydrogens (primary N) is 1. The lowest BCUT2D eigenvalue weighted by molar-refractivity contribution is 0.214. The maximum atomic E-state index is 6.19. The molecule has 1 unspecified atom stereocenters. The average Bonchev–Trinajstić information content (AvgIpc) is 2.46. The van der Waals surface area contributed by atoms with Gasteiger partial charge in [0.05, 0.1) is 12.1 Å².